The molecule has 5 nitrogen and oxygen atoms in total. The lowest BCUT2D eigenvalue weighted by atomic mass is 10.1. The third-order valence-corrected chi connectivity index (χ3v) is 4.34. The maximum atomic E-state index is 12.1. The first-order chi connectivity index (χ1) is 11.6. The first-order valence-electron chi connectivity index (χ1n) is 8.16. The van der Waals surface area contributed by atoms with Gasteiger partial charge in [-0.05, 0) is 25.0 Å². The molecule has 1 aromatic heterocycles. The first kappa shape index (κ1) is 16.3. The molecule has 126 valence electrons. The number of hydrogen-bond donors (Lipinski definition) is 0. The van der Waals surface area contributed by atoms with Crippen LogP contribution in [0.25, 0.3) is 0 Å². The molecule has 2 heterocycles. The van der Waals surface area contributed by atoms with E-state index in [4.69, 9.17) is 9.15 Å². The zero-order chi connectivity index (χ0) is 16.9. The molecule has 0 N–H and O–H groups in total. The molecule has 24 heavy (non-hydrogen) atoms. The Labute approximate surface area is 141 Å². The van der Waals surface area contributed by atoms with Crippen LogP contribution in [0.4, 0.5) is 0 Å². The highest BCUT2D eigenvalue weighted by molar-refractivity contribution is 5.90. The van der Waals surface area contributed by atoms with E-state index < -0.39 is 5.97 Å². The number of rotatable bonds is 6. The number of hydrogen-bond acceptors (Lipinski definition) is 4. The van der Waals surface area contributed by atoms with Crippen molar-refractivity contribution in [2.24, 2.45) is 5.92 Å². The lowest BCUT2D eigenvalue weighted by Gasteiger charge is -2.16. The van der Waals surface area contributed by atoms with Crippen molar-refractivity contribution in [3.05, 3.63) is 59.5 Å². The van der Waals surface area contributed by atoms with E-state index in [2.05, 4.69) is 12.1 Å². The molecule has 0 radical (unpaired) electrons. The Kier molecular flexibility index (Phi) is 4.99. The van der Waals surface area contributed by atoms with Crippen molar-refractivity contribution >= 4 is 11.9 Å². The van der Waals surface area contributed by atoms with Crippen molar-refractivity contribution in [3.63, 3.8) is 0 Å². The summed E-state index contributed by atoms with van der Waals surface area (Å²) in [5.74, 6) is 0.347. The summed E-state index contributed by atoms with van der Waals surface area (Å²) < 4.78 is 10.4. The van der Waals surface area contributed by atoms with E-state index in [1.807, 2.05) is 23.1 Å². The van der Waals surface area contributed by atoms with E-state index >= 15 is 0 Å². The molecule has 1 amide bonds. The second-order valence-corrected chi connectivity index (χ2v) is 6.13. The molecule has 1 fully saturated rings. The fraction of sp³-hybridized carbons (Fsp3) is 0.368. The van der Waals surface area contributed by atoms with Crippen LogP contribution in [0.3, 0.4) is 0 Å². The van der Waals surface area contributed by atoms with E-state index in [1.165, 1.54) is 11.8 Å². The first-order valence-corrected chi connectivity index (χ1v) is 8.16. The van der Waals surface area contributed by atoms with Gasteiger partial charge in [0.1, 0.15) is 11.3 Å². The molecule has 1 atom stereocenters. The quantitative estimate of drug-likeness (QED) is 0.766. The van der Waals surface area contributed by atoms with E-state index in [9.17, 15) is 9.59 Å². The van der Waals surface area contributed by atoms with Crippen LogP contribution < -0.4 is 0 Å². The van der Waals surface area contributed by atoms with Crippen LogP contribution in [0.15, 0.2) is 47.1 Å². The smallest absolute Gasteiger partial charge is 0.341 e. The Morgan fingerprint density at radius 3 is 2.79 bits per heavy atom. The van der Waals surface area contributed by atoms with Crippen molar-refractivity contribution in [2.45, 2.75) is 19.8 Å². The molecule has 5 heteroatoms. The van der Waals surface area contributed by atoms with Gasteiger partial charge in [-0.2, -0.15) is 0 Å². The second kappa shape index (κ2) is 7.34. The van der Waals surface area contributed by atoms with Gasteiger partial charge in [0.25, 0.3) is 0 Å². The number of likely N-dealkylation sites (tertiary alicyclic amines) is 1. The summed E-state index contributed by atoms with van der Waals surface area (Å²) in [5.41, 5.74) is 1.66. The highest BCUT2D eigenvalue weighted by Gasteiger charge is 2.30. The summed E-state index contributed by atoms with van der Waals surface area (Å²) in [6, 6.07) is 11.7. The minimum atomic E-state index is -0.392. The molecule has 0 bridgehead atoms. The molecule has 2 aromatic rings. The SMILES string of the molecule is Cc1occc1C(=O)OCC1CC(=O)N(CCc2ccccc2)C1. The molecule has 1 aromatic carbocycles. The van der Waals surface area contributed by atoms with Crippen molar-refractivity contribution in [3.8, 4) is 0 Å². The van der Waals surface area contributed by atoms with Gasteiger partial charge >= 0.3 is 5.97 Å². The summed E-state index contributed by atoms with van der Waals surface area (Å²) in [6.07, 6.45) is 2.75. The summed E-state index contributed by atoms with van der Waals surface area (Å²) in [4.78, 5) is 25.9. The third kappa shape index (κ3) is 3.85. The van der Waals surface area contributed by atoms with Gasteiger partial charge in [0.15, 0.2) is 0 Å². The highest BCUT2D eigenvalue weighted by atomic mass is 16.5. The van der Waals surface area contributed by atoms with Crippen molar-refractivity contribution in [2.75, 3.05) is 19.7 Å². The third-order valence-electron chi connectivity index (χ3n) is 4.34. The van der Waals surface area contributed by atoms with Crippen LogP contribution in [-0.2, 0) is 16.0 Å². The van der Waals surface area contributed by atoms with E-state index in [-0.39, 0.29) is 18.4 Å². The van der Waals surface area contributed by atoms with Gasteiger partial charge in [-0.25, -0.2) is 4.79 Å². The minimum Gasteiger partial charge on any atom is -0.469 e. The predicted molar refractivity (Wildman–Crippen MR) is 88.6 cm³/mol. The molecule has 1 aliphatic rings. The topological polar surface area (TPSA) is 59.8 Å². The molecule has 3 rings (SSSR count). The number of amides is 1. The Balaban J connectivity index is 1.46. The number of aryl methyl sites for hydroxylation is 1. The van der Waals surface area contributed by atoms with Gasteiger partial charge in [-0.15, -0.1) is 0 Å². The number of esters is 1. The van der Waals surface area contributed by atoms with Crippen LogP contribution >= 0.6 is 0 Å². The Morgan fingerprint density at radius 1 is 1.29 bits per heavy atom. The number of furan rings is 1. The number of nitrogens with zero attached hydrogens (tertiary/aromatic N) is 1. The Morgan fingerprint density at radius 2 is 2.08 bits per heavy atom. The number of ether oxygens (including phenoxy) is 1. The molecule has 1 unspecified atom stereocenters. The van der Waals surface area contributed by atoms with Gasteiger partial charge in [0.05, 0.1) is 12.9 Å². The molecule has 1 saturated heterocycles. The van der Waals surface area contributed by atoms with Crippen molar-refractivity contribution in [1.29, 1.82) is 0 Å². The van der Waals surface area contributed by atoms with Gasteiger partial charge in [0, 0.05) is 25.4 Å². The van der Waals surface area contributed by atoms with Crippen LogP contribution in [0.5, 0.6) is 0 Å². The largest absolute Gasteiger partial charge is 0.469 e. The second-order valence-electron chi connectivity index (χ2n) is 6.13. The van der Waals surface area contributed by atoms with Crippen molar-refractivity contribution in [1.82, 2.24) is 4.90 Å². The summed E-state index contributed by atoms with van der Waals surface area (Å²) in [7, 11) is 0. The van der Waals surface area contributed by atoms with Crippen molar-refractivity contribution < 1.29 is 18.7 Å². The predicted octanol–water partition coefficient (Wildman–Crippen LogP) is 2.84. The van der Waals surface area contributed by atoms with Gasteiger partial charge in [-0.3, -0.25) is 4.79 Å². The van der Waals surface area contributed by atoms with E-state index in [0.717, 1.165) is 6.42 Å². The molecule has 0 saturated carbocycles. The molecular weight excluding hydrogens is 306 g/mol. The Bertz CT molecular complexity index is 707. The number of carbonyl (C=O) groups is 2. The van der Waals surface area contributed by atoms with Crippen LogP contribution in [-0.4, -0.2) is 36.5 Å². The lowest BCUT2D eigenvalue weighted by Crippen LogP contribution is -2.28. The van der Waals surface area contributed by atoms with Crippen LogP contribution in [0.1, 0.15) is 28.1 Å². The normalized spacial score (nSPS) is 17.3. The zero-order valence-corrected chi connectivity index (χ0v) is 13.7. The molecule has 0 aliphatic carbocycles. The average molecular weight is 327 g/mol. The maximum absolute atomic E-state index is 12.1. The summed E-state index contributed by atoms with van der Waals surface area (Å²) >= 11 is 0. The summed E-state index contributed by atoms with van der Waals surface area (Å²) in [5, 5.41) is 0. The lowest BCUT2D eigenvalue weighted by molar-refractivity contribution is -0.127. The maximum Gasteiger partial charge on any atom is 0.341 e. The average Bonchev–Trinajstić information content (AvgIpc) is 3.17. The monoisotopic (exact) mass is 327 g/mol. The van der Waals surface area contributed by atoms with Gasteiger partial charge in [-0.1, -0.05) is 30.3 Å². The van der Waals surface area contributed by atoms with Gasteiger partial charge < -0.3 is 14.1 Å². The highest BCUT2D eigenvalue weighted by Crippen LogP contribution is 2.20. The van der Waals surface area contributed by atoms with Crippen LogP contribution in [0.2, 0.25) is 0 Å². The number of benzene rings is 1. The number of carbonyl (C=O) groups excluding carboxylic acids is 2. The summed E-state index contributed by atoms with van der Waals surface area (Å²) in [6.45, 7) is 3.33. The Hall–Kier alpha value is -2.56. The van der Waals surface area contributed by atoms with E-state index in [0.29, 0.717) is 30.8 Å². The molecule has 0 spiro atoms. The molecular formula is C19H21NO4. The zero-order valence-electron chi connectivity index (χ0n) is 13.7. The van der Waals surface area contributed by atoms with Crippen LogP contribution in [0, 0.1) is 12.8 Å². The molecule has 1 aliphatic heterocycles. The van der Waals surface area contributed by atoms with Gasteiger partial charge in [0.2, 0.25) is 5.91 Å². The fourth-order valence-corrected chi connectivity index (χ4v) is 2.96. The minimum absolute atomic E-state index is 0.0597. The standard InChI is InChI=1S/C19H21NO4/c1-14-17(8-10-23-14)19(22)24-13-16-11-18(21)20(12-16)9-7-15-5-3-2-4-6-15/h2-6,8,10,16H,7,9,11-13H2,1H3. The fourth-order valence-electron chi connectivity index (χ4n) is 2.96. The van der Waals surface area contributed by atoms with E-state index in [1.54, 1.807) is 13.0 Å².